The Morgan fingerprint density at radius 3 is 2.44 bits per heavy atom. The summed E-state index contributed by atoms with van der Waals surface area (Å²) in [6.45, 7) is 0. The molecule has 0 aliphatic heterocycles. The maximum atomic E-state index is 13.8. The van der Waals surface area contributed by atoms with E-state index in [4.69, 9.17) is 28.9 Å². The summed E-state index contributed by atoms with van der Waals surface area (Å²) in [7, 11) is 0. The van der Waals surface area contributed by atoms with Gasteiger partial charge in [0.15, 0.2) is 0 Å². The third-order valence-electron chi connectivity index (χ3n) is 2.49. The van der Waals surface area contributed by atoms with Gasteiger partial charge in [0.1, 0.15) is 5.82 Å². The first-order chi connectivity index (χ1) is 8.50. The molecule has 0 radical (unpaired) electrons. The molecule has 0 saturated carbocycles. The van der Waals surface area contributed by atoms with Gasteiger partial charge in [0, 0.05) is 11.1 Å². The summed E-state index contributed by atoms with van der Waals surface area (Å²) in [5.74, 6) is -1.24. The molecule has 2 aromatic carbocycles. The summed E-state index contributed by atoms with van der Waals surface area (Å²) in [6, 6.07) is 8.76. The highest BCUT2D eigenvalue weighted by molar-refractivity contribution is 6.42. The molecule has 2 aromatic rings. The second-order valence-corrected chi connectivity index (χ2v) is 4.47. The Balaban J connectivity index is 2.69. The van der Waals surface area contributed by atoms with E-state index in [1.165, 1.54) is 30.3 Å². The van der Waals surface area contributed by atoms with Crippen LogP contribution >= 0.6 is 23.2 Å². The Hall–Kier alpha value is -1.58. The minimum atomic E-state index is -0.699. The van der Waals surface area contributed by atoms with Crippen molar-refractivity contribution in [3.8, 4) is 11.1 Å². The number of hydrogen-bond donors (Lipinski definition) is 1. The van der Waals surface area contributed by atoms with Crippen LogP contribution in [0.2, 0.25) is 10.0 Å². The summed E-state index contributed by atoms with van der Waals surface area (Å²) in [6.07, 6.45) is 0. The van der Waals surface area contributed by atoms with Gasteiger partial charge in [-0.2, -0.15) is 0 Å². The van der Waals surface area contributed by atoms with Crippen molar-refractivity contribution in [1.82, 2.24) is 0 Å². The zero-order valence-corrected chi connectivity index (χ0v) is 10.6. The number of benzene rings is 2. The predicted octanol–water partition coefficient (Wildman–Crippen LogP) is 3.90. The summed E-state index contributed by atoms with van der Waals surface area (Å²) in [5, 5.41) is 0.644. The number of carbonyl (C=O) groups excluding carboxylic acids is 1. The van der Waals surface area contributed by atoms with Gasteiger partial charge < -0.3 is 5.73 Å². The smallest absolute Gasteiger partial charge is 0.249 e. The number of primary amides is 1. The van der Waals surface area contributed by atoms with E-state index in [-0.39, 0.29) is 16.1 Å². The molecule has 92 valence electrons. The third-order valence-corrected chi connectivity index (χ3v) is 3.23. The molecule has 2 N–H and O–H groups in total. The predicted molar refractivity (Wildman–Crippen MR) is 70.4 cm³/mol. The van der Waals surface area contributed by atoms with Gasteiger partial charge in [0.05, 0.1) is 10.0 Å². The summed E-state index contributed by atoms with van der Waals surface area (Å²) in [5.41, 5.74) is 5.91. The average Bonchev–Trinajstić information content (AvgIpc) is 2.32. The molecule has 0 aliphatic carbocycles. The van der Waals surface area contributed by atoms with Crippen molar-refractivity contribution < 1.29 is 9.18 Å². The Labute approximate surface area is 113 Å². The van der Waals surface area contributed by atoms with E-state index in [0.29, 0.717) is 10.6 Å². The van der Waals surface area contributed by atoms with Crippen molar-refractivity contribution in [2.24, 2.45) is 5.73 Å². The largest absolute Gasteiger partial charge is 0.366 e. The molecular weight excluding hydrogens is 276 g/mol. The molecule has 0 fully saturated rings. The van der Waals surface area contributed by atoms with Crippen LogP contribution in [0.3, 0.4) is 0 Å². The van der Waals surface area contributed by atoms with Gasteiger partial charge in [0.25, 0.3) is 0 Å². The number of halogens is 3. The van der Waals surface area contributed by atoms with Crippen LogP contribution in [0.25, 0.3) is 11.1 Å². The van der Waals surface area contributed by atoms with Crippen molar-refractivity contribution in [2.75, 3.05) is 0 Å². The molecule has 0 atom stereocenters. The highest BCUT2D eigenvalue weighted by atomic mass is 35.5. The summed E-state index contributed by atoms with van der Waals surface area (Å²) >= 11 is 11.7. The van der Waals surface area contributed by atoms with Gasteiger partial charge in [-0.15, -0.1) is 0 Å². The fourth-order valence-electron chi connectivity index (χ4n) is 1.67. The Morgan fingerprint density at radius 2 is 1.83 bits per heavy atom. The first kappa shape index (κ1) is 12.9. The Bertz CT molecular complexity index is 628. The lowest BCUT2D eigenvalue weighted by Gasteiger charge is -2.09. The van der Waals surface area contributed by atoms with Crippen molar-refractivity contribution in [2.45, 2.75) is 0 Å². The van der Waals surface area contributed by atoms with Gasteiger partial charge >= 0.3 is 0 Å². The molecule has 0 bridgehead atoms. The van der Waals surface area contributed by atoms with Crippen LogP contribution in [0.1, 0.15) is 10.4 Å². The topological polar surface area (TPSA) is 43.1 Å². The Morgan fingerprint density at radius 1 is 1.11 bits per heavy atom. The SMILES string of the molecule is NC(=O)c1cccc(F)c1-c1ccc(Cl)c(Cl)c1. The maximum absolute atomic E-state index is 13.8. The van der Waals surface area contributed by atoms with Crippen molar-refractivity contribution >= 4 is 29.1 Å². The van der Waals surface area contributed by atoms with Crippen LogP contribution in [-0.4, -0.2) is 5.91 Å². The number of rotatable bonds is 2. The van der Waals surface area contributed by atoms with E-state index < -0.39 is 11.7 Å². The molecule has 1 amide bonds. The van der Waals surface area contributed by atoms with E-state index in [9.17, 15) is 9.18 Å². The van der Waals surface area contributed by atoms with Crippen LogP contribution in [0.15, 0.2) is 36.4 Å². The van der Waals surface area contributed by atoms with E-state index in [0.717, 1.165) is 0 Å². The van der Waals surface area contributed by atoms with Crippen molar-refractivity contribution in [3.63, 3.8) is 0 Å². The zero-order chi connectivity index (χ0) is 13.3. The highest BCUT2D eigenvalue weighted by Gasteiger charge is 2.15. The standard InChI is InChI=1S/C13H8Cl2FNO/c14-9-5-4-7(6-10(9)15)12-8(13(17)18)2-1-3-11(12)16/h1-6H,(H2,17,18). The first-order valence-electron chi connectivity index (χ1n) is 5.04. The molecule has 0 unspecified atom stereocenters. The molecule has 0 saturated heterocycles. The van der Waals surface area contributed by atoms with Crippen LogP contribution in [-0.2, 0) is 0 Å². The molecule has 0 heterocycles. The lowest BCUT2D eigenvalue weighted by atomic mass is 9.99. The van der Waals surface area contributed by atoms with Gasteiger partial charge in [-0.3, -0.25) is 4.79 Å². The first-order valence-corrected chi connectivity index (χ1v) is 5.80. The highest BCUT2D eigenvalue weighted by Crippen LogP contribution is 2.32. The lowest BCUT2D eigenvalue weighted by Crippen LogP contribution is -2.13. The van der Waals surface area contributed by atoms with Gasteiger partial charge in [0.2, 0.25) is 5.91 Å². The second-order valence-electron chi connectivity index (χ2n) is 3.66. The minimum Gasteiger partial charge on any atom is -0.366 e. The van der Waals surface area contributed by atoms with E-state index in [2.05, 4.69) is 0 Å². The number of amides is 1. The van der Waals surface area contributed by atoms with Crippen LogP contribution in [0, 0.1) is 5.82 Å². The normalized spacial score (nSPS) is 10.4. The Kier molecular flexibility index (Phi) is 3.55. The van der Waals surface area contributed by atoms with Gasteiger partial charge in [-0.1, -0.05) is 35.3 Å². The monoisotopic (exact) mass is 283 g/mol. The quantitative estimate of drug-likeness (QED) is 0.893. The summed E-state index contributed by atoms with van der Waals surface area (Å²) < 4.78 is 13.8. The van der Waals surface area contributed by atoms with Crippen molar-refractivity contribution in [1.29, 1.82) is 0 Å². The fraction of sp³-hybridized carbons (Fsp3) is 0. The molecule has 0 spiro atoms. The van der Waals surface area contributed by atoms with E-state index in [1.54, 1.807) is 6.07 Å². The molecule has 2 rings (SSSR count). The summed E-state index contributed by atoms with van der Waals surface area (Å²) in [4.78, 5) is 11.3. The molecule has 18 heavy (non-hydrogen) atoms. The second kappa shape index (κ2) is 4.96. The van der Waals surface area contributed by atoms with Gasteiger partial charge in [-0.05, 0) is 29.8 Å². The van der Waals surface area contributed by atoms with Crippen molar-refractivity contribution in [3.05, 3.63) is 57.8 Å². The number of nitrogens with two attached hydrogens (primary N) is 1. The molecule has 5 heteroatoms. The van der Waals surface area contributed by atoms with Crippen LogP contribution < -0.4 is 5.73 Å². The molecule has 0 aliphatic rings. The average molecular weight is 284 g/mol. The molecular formula is C13H8Cl2FNO. The minimum absolute atomic E-state index is 0.105. The van der Waals surface area contributed by atoms with Crippen LogP contribution in [0.4, 0.5) is 4.39 Å². The number of hydrogen-bond acceptors (Lipinski definition) is 1. The third kappa shape index (κ3) is 2.33. The van der Waals surface area contributed by atoms with E-state index >= 15 is 0 Å². The van der Waals surface area contributed by atoms with Gasteiger partial charge in [-0.25, -0.2) is 4.39 Å². The zero-order valence-electron chi connectivity index (χ0n) is 9.08. The number of carbonyl (C=O) groups is 1. The van der Waals surface area contributed by atoms with Crippen LogP contribution in [0.5, 0.6) is 0 Å². The fourth-order valence-corrected chi connectivity index (χ4v) is 1.97. The van der Waals surface area contributed by atoms with E-state index in [1.807, 2.05) is 0 Å². The lowest BCUT2D eigenvalue weighted by molar-refractivity contribution is 0.100. The molecule has 0 aromatic heterocycles. The molecule has 2 nitrogen and oxygen atoms in total. The maximum Gasteiger partial charge on any atom is 0.249 e.